The Labute approximate surface area is 112 Å². The summed E-state index contributed by atoms with van der Waals surface area (Å²) >= 11 is 0. The van der Waals surface area contributed by atoms with Crippen molar-refractivity contribution in [3.8, 4) is 0 Å². The van der Waals surface area contributed by atoms with Gasteiger partial charge in [0.2, 0.25) is 5.91 Å². The van der Waals surface area contributed by atoms with Gasteiger partial charge in [-0.25, -0.2) is 4.79 Å². The number of amides is 1. The monoisotopic (exact) mass is 264 g/mol. The van der Waals surface area contributed by atoms with E-state index < -0.39 is 0 Å². The summed E-state index contributed by atoms with van der Waals surface area (Å²) in [5, 5.41) is 0. The number of hydrogen-bond acceptors (Lipinski definition) is 4. The smallest absolute Gasteiger partial charge is 0.340 e. The second-order valence-corrected chi connectivity index (χ2v) is 5.09. The van der Waals surface area contributed by atoms with Crippen LogP contribution in [0.1, 0.15) is 17.0 Å². The molecule has 1 aliphatic rings. The molecule has 1 fully saturated rings. The number of piperazine rings is 1. The number of hydrogen-bond donors (Lipinski definition) is 1. The van der Waals surface area contributed by atoms with Crippen LogP contribution in [-0.4, -0.2) is 58.9 Å². The molecule has 1 aromatic heterocycles. The molecule has 1 aromatic rings. The maximum absolute atomic E-state index is 12.3. The third kappa shape index (κ3) is 3.20. The van der Waals surface area contributed by atoms with Crippen LogP contribution in [0.15, 0.2) is 4.79 Å². The minimum atomic E-state index is -0.356. The van der Waals surface area contributed by atoms with Gasteiger partial charge in [-0.1, -0.05) is 0 Å². The number of H-pyrrole nitrogens is 1. The largest absolute Gasteiger partial charge is 0.345 e. The number of aromatic nitrogens is 2. The normalized spacial score (nSPS) is 16.7. The van der Waals surface area contributed by atoms with E-state index in [1.807, 2.05) is 11.8 Å². The number of rotatable bonds is 2. The molecule has 0 aliphatic carbocycles. The number of carbonyl (C=O) groups excluding carboxylic acids is 1. The van der Waals surface area contributed by atoms with Crippen LogP contribution in [0.2, 0.25) is 0 Å². The molecule has 6 heteroatoms. The Kier molecular flexibility index (Phi) is 3.99. The van der Waals surface area contributed by atoms with Crippen LogP contribution in [0.5, 0.6) is 0 Å². The molecule has 0 unspecified atom stereocenters. The molecule has 19 heavy (non-hydrogen) atoms. The number of nitrogens with zero attached hydrogens (tertiary/aromatic N) is 3. The first kappa shape index (κ1) is 13.7. The molecule has 0 spiro atoms. The van der Waals surface area contributed by atoms with Gasteiger partial charge in [-0.15, -0.1) is 0 Å². The Morgan fingerprint density at radius 3 is 2.47 bits per heavy atom. The molecule has 0 bridgehead atoms. The van der Waals surface area contributed by atoms with Gasteiger partial charge < -0.3 is 14.8 Å². The zero-order valence-corrected chi connectivity index (χ0v) is 11.7. The van der Waals surface area contributed by atoms with Crippen LogP contribution < -0.4 is 5.69 Å². The molecule has 104 valence electrons. The van der Waals surface area contributed by atoms with Crippen LogP contribution in [0.25, 0.3) is 0 Å². The fourth-order valence-electron chi connectivity index (χ4n) is 2.33. The van der Waals surface area contributed by atoms with Crippen molar-refractivity contribution >= 4 is 5.91 Å². The summed E-state index contributed by atoms with van der Waals surface area (Å²) in [4.78, 5) is 34.1. The van der Waals surface area contributed by atoms with Crippen molar-refractivity contribution in [3.05, 3.63) is 27.4 Å². The van der Waals surface area contributed by atoms with Crippen LogP contribution >= 0.6 is 0 Å². The van der Waals surface area contributed by atoms with E-state index in [0.29, 0.717) is 12.1 Å². The molecule has 0 aromatic carbocycles. The predicted octanol–water partition coefficient (Wildman–Crippen LogP) is -0.297. The minimum Gasteiger partial charge on any atom is -0.340 e. The Hall–Kier alpha value is -1.69. The van der Waals surface area contributed by atoms with Crippen molar-refractivity contribution in [1.29, 1.82) is 0 Å². The van der Waals surface area contributed by atoms with Gasteiger partial charge in [0, 0.05) is 43.1 Å². The van der Waals surface area contributed by atoms with Gasteiger partial charge in [0.15, 0.2) is 0 Å². The highest BCUT2D eigenvalue weighted by Gasteiger charge is 2.20. The van der Waals surface area contributed by atoms with Crippen molar-refractivity contribution in [1.82, 2.24) is 19.8 Å². The van der Waals surface area contributed by atoms with E-state index in [2.05, 4.69) is 21.9 Å². The summed E-state index contributed by atoms with van der Waals surface area (Å²) in [6.45, 7) is 6.94. The lowest BCUT2D eigenvalue weighted by atomic mass is 10.1. The molecule has 2 rings (SSSR count). The van der Waals surface area contributed by atoms with Crippen LogP contribution in [-0.2, 0) is 11.2 Å². The number of aryl methyl sites for hydroxylation is 2. The number of nitrogens with one attached hydrogen (secondary N) is 1. The summed E-state index contributed by atoms with van der Waals surface area (Å²) in [5.41, 5.74) is 1.86. The highest BCUT2D eigenvalue weighted by atomic mass is 16.2. The van der Waals surface area contributed by atoms with E-state index in [9.17, 15) is 9.59 Å². The molecule has 1 aliphatic heterocycles. The third-order valence-electron chi connectivity index (χ3n) is 3.64. The third-order valence-corrected chi connectivity index (χ3v) is 3.64. The fraction of sp³-hybridized carbons (Fsp3) is 0.615. The SMILES string of the molecule is Cc1nc(=O)[nH]c(C)c1CC(=O)N1CCN(C)CC1. The van der Waals surface area contributed by atoms with E-state index in [1.165, 1.54) is 0 Å². The van der Waals surface area contributed by atoms with Crippen molar-refractivity contribution in [3.63, 3.8) is 0 Å². The van der Waals surface area contributed by atoms with Gasteiger partial charge in [-0.3, -0.25) is 4.79 Å². The zero-order valence-electron chi connectivity index (χ0n) is 11.7. The molecule has 1 amide bonds. The van der Waals surface area contributed by atoms with Crippen molar-refractivity contribution in [2.75, 3.05) is 33.2 Å². The summed E-state index contributed by atoms with van der Waals surface area (Å²) in [7, 11) is 2.06. The highest BCUT2D eigenvalue weighted by molar-refractivity contribution is 5.79. The maximum Gasteiger partial charge on any atom is 0.345 e. The second-order valence-electron chi connectivity index (χ2n) is 5.09. The lowest BCUT2D eigenvalue weighted by Gasteiger charge is -2.32. The molecule has 0 radical (unpaired) electrons. The Bertz CT molecular complexity index is 504. The maximum atomic E-state index is 12.3. The average molecular weight is 264 g/mol. The molecule has 6 nitrogen and oxygen atoms in total. The molecule has 0 atom stereocenters. The summed E-state index contributed by atoms with van der Waals surface area (Å²) < 4.78 is 0. The number of likely N-dealkylation sites (N-methyl/N-ethyl adjacent to an activating group) is 1. The van der Waals surface area contributed by atoms with Gasteiger partial charge in [-0.05, 0) is 20.9 Å². The summed E-state index contributed by atoms with van der Waals surface area (Å²) in [6.07, 6.45) is 0.311. The molecular weight excluding hydrogens is 244 g/mol. The summed E-state index contributed by atoms with van der Waals surface area (Å²) in [6, 6.07) is 0. The lowest BCUT2D eigenvalue weighted by molar-refractivity contribution is -0.132. The number of carbonyl (C=O) groups is 1. The van der Waals surface area contributed by atoms with Gasteiger partial charge in [0.05, 0.1) is 6.42 Å². The van der Waals surface area contributed by atoms with Crippen molar-refractivity contribution in [2.45, 2.75) is 20.3 Å². The highest BCUT2D eigenvalue weighted by Crippen LogP contribution is 2.10. The topological polar surface area (TPSA) is 69.3 Å². The Morgan fingerprint density at radius 1 is 1.26 bits per heavy atom. The molecular formula is C13H20N4O2. The Balaban J connectivity index is 2.09. The summed E-state index contributed by atoms with van der Waals surface area (Å²) in [5.74, 6) is 0.105. The van der Waals surface area contributed by atoms with Gasteiger partial charge in [-0.2, -0.15) is 4.98 Å². The first-order chi connectivity index (χ1) is 8.97. The van der Waals surface area contributed by atoms with Crippen molar-refractivity contribution in [2.24, 2.45) is 0 Å². The van der Waals surface area contributed by atoms with E-state index >= 15 is 0 Å². The standard InChI is InChI=1S/C13H20N4O2/c1-9-11(10(2)15-13(19)14-9)8-12(18)17-6-4-16(3)5-7-17/h4-8H2,1-3H3,(H,14,15,19). The van der Waals surface area contributed by atoms with Crippen molar-refractivity contribution < 1.29 is 4.79 Å². The molecule has 0 saturated carbocycles. The van der Waals surface area contributed by atoms with Gasteiger partial charge >= 0.3 is 5.69 Å². The fourth-order valence-corrected chi connectivity index (χ4v) is 2.33. The quantitative estimate of drug-likeness (QED) is 0.796. The van der Waals surface area contributed by atoms with Gasteiger partial charge in [0.25, 0.3) is 0 Å². The molecule has 2 heterocycles. The lowest BCUT2D eigenvalue weighted by Crippen LogP contribution is -2.47. The zero-order chi connectivity index (χ0) is 14.0. The minimum absolute atomic E-state index is 0.105. The van der Waals surface area contributed by atoms with E-state index in [4.69, 9.17) is 0 Å². The Morgan fingerprint density at radius 2 is 1.89 bits per heavy atom. The predicted molar refractivity (Wildman–Crippen MR) is 72.1 cm³/mol. The first-order valence-corrected chi connectivity index (χ1v) is 6.50. The molecule has 1 N–H and O–H groups in total. The number of aromatic amines is 1. The van der Waals surface area contributed by atoms with Crippen LogP contribution in [0.4, 0.5) is 0 Å². The van der Waals surface area contributed by atoms with E-state index in [-0.39, 0.29) is 11.6 Å². The van der Waals surface area contributed by atoms with E-state index in [1.54, 1.807) is 6.92 Å². The van der Waals surface area contributed by atoms with Crippen LogP contribution in [0, 0.1) is 13.8 Å². The molecule has 1 saturated heterocycles. The van der Waals surface area contributed by atoms with Gasteiger partial charge in [0.1, 0.15) is 0 Å². The van der Waals surface area contributed by atoms with E-state index in [0.717, 1.165) is 37.4 Å². The average Bonchev–Trinajstić information content (AvgIpc) is 2.34. The first-order valence-electron chi connectivity index (χ1n) is 6.50. The van der Waals surface area contributed by atoms with Crippen LogP contribution in [0.3, 0.4) is 0 Å². The second kappa shape index (κ2) is 5.52.